The fraction of sp³-hybridized carbons (Fsp3) is 1.00. The van der Waals surface area contributed by atoms with Crippen molar-refractivity contribution in [2.45, 2.75) is 19.1 Å². The third kappa shape index (κ3) is 139. The molecule has 0 aromatic heterocycles. The van der Waals surface area contributed by atoms with Gasteiger partial charge in [0, 0.05) is 0 Å². The second kappa shape index (κ2) is 19.3. The van der Waals surface area contributed by atoms with Gasteiger partial charge < -0.3 is 30.1 Å². The second-order valence-electron chi connectivity index (χ2n) is 2.50. The van der Waals surface area contributed by atoms with Crippen LogP contribution in [-0.4, -0.2) is 89.4 Å². The van der Waals surface area contributed by atoms with Crippen LogP contribution in [0.15, 0.2) is 0 Å². The van der Waals surface area contributed by atoms with Crippen molar-refractivity contribution < 1.29 is 56.1 Å². The first-order valence-corrected chi connectivity index (χ1v) is 5.61. The second-order valence-corrected chi connectivity index (χ2v) is 4.47. The van der Waals surface area contributed by atoms with Gasteiger partial charge in [-0.25, -0.2) is 0 Å². The van der Waals surface area contributed by atoms with E-state index in [4.69, 9.17) is 34.7 Å². The van der Waals surface area contributed by atoms with E-state index in [1.807, 2.05) is 0 Å². The molecule has 0 aliphatic heterocycles. The number of hydrogen-bond donors (Lipinski definition) is 7. The molecule has 0 fully saturated rings. The molecule has 0 rings (SSSR count). The zero-order valence-electron chi connectivity index (χ0n) is 9.80. The third-order valence-corrected chi connectivity index (χ3v) is 1.79. The maximum atomic E-state index is 10.1. The molecule has 0 bridgehead atoms. The summed E-state index contributed by atoms with van der Waals surface area (Å²) in [6.45, 7) is 2.82. The van der Waals surface area contributed by atoms with Crippen LogP contribution in [0.3, 0.4) is 0 Å². The molecule has 0 aromatic rings. The molecule has 0 heterocycles. The topological polar surface area (TPSA) is 176 Å². The maximum absolute atomic E-state index is 10.1. The van der Waals surface area contributed by atoms with E-state index in [0.29, 0.717) is 0 Å². The Balaban J connectivity index is -0.0000000512. The van der Waals surface area contributed by atoms with Gasteiger partial charge in [0.1, 0.15) is 0 Å². The molecule has 0 aliphatic carbocycles. The van der Waals surface area contributed by atoms with Crippen molar-refractivity contribution in [2.75, 3.05) is 0 Å². The van der Waals surface area contributed by atoms with E-state index in [1.54, 1.807) is 0 Å². The molecule has 0 amide bonds. The average molecular weight is 324 g/mol. The van der Waals surface area contributed by atoms with Crippen LogP contribution >= 0.6 is 0 Å². The summed E-state index contributed by atoms with van der Waals surface area (Å²) < 4.78 is 58.2. The van der Waals surface area contributed by atoms with Crippen molar-refractivity contribution in [3.05, 3.63) is 0 Å². The van der Waals surface area contributed by atoms with E-state index >= 15 is 0 Å². The summed E-state index contributed by atoms with van der Waals surface area (Å²) in [5, 5.41) is 41.0. The van der Waals surface area contributed by atoms with Gasteiger partial charge in [0.05, 0.1) is 5.25 Å². The van der Waals surface area contributed by atoms with E-state index in [9.17, 15) is 21.4 Å². The molecule has 0 spiro atoms. The number of halogens is 3. The van der Waals surface area contributed by atoms with Crippen molar-refractivity contribution in [1.29, 1.82) is 0 Å². The minimum atomic E-state index is -3.74. The Labute approximate surface area is 127 Å². The molecule has 0 saturated carbocycles. The normalized spacial score (nSPS) is 8.45. The van der Waals surface area contributed by atoms with E-state index in [1.165, 1.54) is 13.8 Å². The van der Waals surface area contributed by atoms with Crippen LogP contribution in [0.1, 0.15) is 13.8 Å². The Morgan fingerprint density at radius 1 is 0.800 bits per heavy atom. The summed E-state index contributed by atoms with van der Waals surface area (Å²) >= 11 is 0. The fourth-order valence-corrected chi connectivity index (χ4v) is 0. The molecule has 9 nitrogen and oxygen atoms in total. The van der Waals surface area contributed by atoms with Crippen LogP contribution in [-0.2, 0) is 10.1 Å². The molecule has 17 heteroatoms. The van der Waals surface area contributed by atoms with Gasteiger partial charge in [0.2, 0.25) is 0 Å². The van der Waals surface area contributed by atoms with Crippen LogP contribution in [0.4, 0.5) is 12.9 Å². The number of hydrogen-bond acceptors (Lipinski definition) is 8. The van der Waals surface area contributed by atoms with Gasteiger partial charge in [-0.2, -0.15) is 8.42 Å². The fourth-order valence-electron chi connectivity index (χ4n) is 0. The standard InChI is InChI=1S/C3H8O3S.3BFH2O2.Li.H/c1-3(2)7(4,5)6;3*2-1(3)4;;/h3H,1-2H3,(H,4,5,6);3*3-4H;;. The van der Waals surface area contributed by atoms with Gasteiger partial charge in [-0.3, -0.25) is 17.5 Å². The van der Waals surface area contributed by atoms with Crippen LogP contribution in [0, 0.1) is 0 Å². The quantitative estimate of drug-likeness (QED) is 0.190. The number of rotatable bonds is 1. The van der Waals surface area contributed by atoms with E-state index < -0.39 is 37.6 Å². The molecule has 0 aliphatic rings. The van der Waals surface area contributed by atoms with Gasteiger partial charge in [-0.05, 0) is 13.8 Å². The van der Waals surface area contributed by atoms with Crippen molar-refractivity contribution in [3.8, 4) is 0 Å². The van der Waals surface area contributed by atoms with E-state index in [2.05, 4.69) is 0 Å². The van der Waals surface area contributed by atoms with Gasteiger partial charge in [-0.15, -0.1) is 0 Å². The van der Waals surface area contributed by atoms with Gasteiger partial charge in [0.25, 0.3) is 10.1 Å². The molecule has 0 atom stereocenters. The molecule has 0 aromatic carbocycles. The monoisotopic (exact) mass is 324 g/mol. The van der Waals surface area contributed by atoms with E-state index in [0.717, 1.165) is 0 Å². The Hall–Kier alpha value is 0.252. The minimum absolute atomic E-state index is 0. The Bertz CT molecular complexity index is 244. The van der Waals surface area contributed by atoms with Crippen LogP contribution in [0.2, 0.25) is 0 Å². The predicted molar refractivity (Wildman–Crippen MR) is 67.7 cm³/mol. The summed E-state index contributed by atoms with van der Waals surface area (Å²) in [5.74, 6) is 0. The first-order chi connectivity index (χ1) is 8.14. The SMILES string of the molecule is CC(C)S(=O)(=O)O.OB(O)F.OB(O)F.OB(O)F.[LiH]. The summed E-state index contributed by atoms with van der Waals surface area (Å²) in [5.41, 5.74) is 0. The van der Waals surface area contributed by atoms with Crippen molar-refractivity contribution >= 4 is 51.2 Å². The molecule has 0 radical (unpaired) electrons. The van der Waals surface area contributed by atoms with Crippen molar-refractivity contribution in [3.63, 3.8) is 0 Å². The summed E-state index contributed by atoms with van der Waals surface area (Å²) in [4.78, 5) is 0. The first-order valence-electron chi connectivity index (χ1n) is 4.11. The molecule has 0 saturated heterocycles. The first kappa shape index (κ1) is 32.3. The molecule has 7 N–H and O–H groups in total. The Morgan fingerprint density at radius 2 is 0.850 bits per heavy atom. The predicted octanol–water partition coefficient (Wildman–Crippen LogP) is -3.59. The average Bonchev–Trinajstić information content (AvgIpc) is 1.96. The molecular formula is C3H15B3F3LiO9S. The van der Waals surface area contributed by atoms with Gasteiger partial charge in [-0.1, -0.05) is 0 Å². The van der Waals surface area contributed by atoms with Gasteiger partial charge in [0.15, 0.2) is 0 Å². The van der Waals surface area contributed by atoms with Crippen LogP contribution in [0.5, 0.6) is 0 Å². The van der Waals surface area contributed by atoms with Crippen LogP contribution < -0.4 is 0 Å². The van der Waals surface area contributed by atoms with E-state index in [-0.39, 0.29) is 18.9 Å². The summed E-state index contributed by atoms with van der Waals surface area (Å²) in [7, 11) is -11.7. The Morgan fingerprint density at radius 3 is 0.850 bits per heavy atom. The molecule has 20 heavy (non-hydrogen) atoms. The Kier molecular flexibility index (Phi) is 31.1. The zero-order chi connectivity index (χ0) is 16.8. The van der Waals surface area contributed by atoms with Crippen molar-refractivity contribution in [2.24, 2.45) is 0 Å². The zero-order valence-corrected chi connectivity index (χ0v) is 10.6. The van der Waals surface area contributed by atoms with Crippen LogP contribution in [0.25, 0.3) is 0 Å². The molecule has 118 valence electrons. The molecule has 0 unspecified atom stereocenters. The molecular weight excluding hydrogens is 308 g/mol. The third-order valence-electron chi connectivity index (χ3n) is 0.596. The summed E-state index contributed by atoms with van der Waals surface area (Å²) in [6, 6.07) is 0. The van der Waals surface area contributed by atoms with Gasteiger partial charge >= 0.3 is 41.0 Å². The van der Waals surface area contributed by atoms with Crippen molar-refractivity contribution in [1.82, 2.24) is 0 Å². The summed E-state index contributed by atoms with van der Waals surface area (Å²) in [6.07, 6.45) is 0.